The summed E-state index contributed by atoms with van der Waals surface area (Å²) in [4.78, 5) is 12.6. The van der Waals surface area contributed by atoms with Gasteiger partial charge in [0.2, 0.25) is 5.92 Å². The first-order valence-electron chi connectivity index (χ1n) is 8.34. The van der Waals surface area contributed by atoms with Crippen LogP contribution in [-0.2, 0) is 0 Å². The minimum absolute atomic E-state index is 0.117. The SMILES string of the molecule is O=C(Nc1ccc(F)c(Cl)c1)c1ccc(F)c(SC2CCC(F)(F)CC2)c1. The molecular weight excluding hydrogens is 402 g/mol. The third-order valence-corrected chi connectivity index (χ3v) is 5.99. The maximum Gasteiger partial charge on any atom is 0.255 e. The fourth-order valence-corrected chi connectivity index (χ4v) is 4.21. The van der Waals surface area contributed by atoms with Gasteiger partial charge in [0.05, 0.1) is 5.02 Å². The number of alkyl halides is 2. The first-order valence-corrected chi connectivity index (χ1v) is 9.60. The van der Waals surface area contributed by atoms with Gasteiger partial charge in [0.15, 0.2) is 0 Å². The molecule has 1 fully saturated rings. The van der Waals surface area contributed by atoms with Gasteiger partial charge in [-0.15, -0.1) is 11.8 Å². The Morgan fingerprint density at radius 1 is 1.07 bits per heavy atom. The highest BCUT2D eigenvalue weighted by molar-refractivity contribution is 8.00. The average molecular weight is 418 g/mol. The van der Waals surface area contributed by atoms with Gasteiger partial charge in [-0.3, -0.25) is 4.79 Å². The average Bonchev–Trinajstić information content (AvgIpc) is 2.61. The monoisotopic (exact) mass is 417 g/mol. The smallest absolute Gasteiger partial charge is 0.255 e. The van der Waals surface area contributed by atoms with E-state index in [-0.39, 0.29) is 33.6 Å². The summed E-state index contributed by atoms with van der Waals surface area (Å²) < 4.78 is 53.8. The predicted octanol–water partition coefficient (Wildman–Crippen LogP) is 6.54. The third kappa shape index (κ3) is 5.17. The zero-order valence-corrected chi connectivity index (χ0v) is 15.6. The number of rotatable bonds is 4. The van der Waals surface area contributed by atoms with E-state index in [1.807, 2.05) is 0 Å². The largest absolute Gasteiger partial charge is 0.322 e. The zero-order valence-electron chi connectivity index (χ0n) is 14.1. The van der Waals surface area contributed by atoms with E-state index in [1.165, 1.54) is 42.1 Å². The number of thioether (sulfide) groups is 1. The lowest BCUT2D eigenvalue weighted by molar-refractivity contribution is -0.0323. The molecular formula is C19H16ClF4NOS. The van der Waals surface area contributed by atoms with Crippen molar-refractivity contribution in [2.75, 3.05) is 5.32 Å². The standard InChI is InChI=1S/C19H16ClF4NOS/c20-14-10-12(2-4-15(14)21)25-18(26)11-1-3-16(22)17(9-11)27-13-5-7-19(23,24)8-6-13/h1-4,9-10,13H,5-8H2,(H,25,26). The Morgan fingerprint density at radius 2 is 1.74 bits per heavy atom. The molecule has 2 aromatic rings. The van der Waals surface area contributed by atoms with Crippen LogP contribution in [0.4, 0.5) is 23.2 Å². The normalized spacial score (nSPS) is 16.9. The van der Waals surface area contributed by atoms with E-state index in [9.17, 15) is 22.4 Å². The van der Waals surface area contributed by atoms with Crippen LogP contribution in [0.2, 0.25) is 5.02 Å². The predicted molar refractivity (Wildman–Crippen MR) is 98.8 cm³/mol. The molecule has 0 saturated heterocycles. The molecule has 144 valence electrons. The maximum absolute atomic E-state index is 14.1. The number of hydrogen-bond acceptors (Lipinski definition) is 2. The summed E-state index contributed by atoms with van der Waals surface area (Å²) in [7, 11) is 0. The molecule has 1 saturated carbocycles. The Hall–Kier alpha value is -1.73. The van der Waals surface area contributed by atoms with Gasteiger partial charge in [0.1, 0.15) is 11.6 Å². The molecule has 0 spiro atoms. The van der Waals surface area contributed by atoms with Crippen molar-refractivity contribution in [3.8, 4) is 0 Å². The van der Waals surface area contributed by atoms with Crippen LogP contribution in [-0.4, -0.2) is 17.1 Å². The van der Waals surface area contributed by atoms with Crippen molar-refractivity contribution in [2.24, 2.45) is 0 Å². The van der Waals surface area contributed by atoms with Gasteiger partial charge in [0, 0.05) is 34.2 Å². The van der Waals surface area contributed by atoms with E-state index in [2.05, 4.69) is 5.32 Å². The lowest BCUT2D eigenvalue weighted by Gasteiger charge is -2.27. The number of carbonyl (C=O) groups is 1. The molecule has 0 bridgehead atoms. The second kappa shape index (κ2) is 8.10. The number of nitrogens with one attached hydrogen (secondary N) is 1. The summed E-state index contributed by atoms with van der Waals surface area (Å²) in [5, 5.41) is 2.32. The first kappa shape index (κ1) is 20.0. The second-order valence-electron chi connectivity index (χ2n) is 6.40. The van der Waals surface area contributed by atoms with Crippen LogP contribution in [0.25, 0.3) is 0 Å². The van der Waals surface area contributed by atoms with Crippen LogP contribution in [0.1, 0.15) is 36.0 Å². The molecule has 2 nitrogen and oxygen atoms in total. The summed E-state index contributed by atoms with van der Waals surface area (Å²) in [6.45, 7) is 0. The highest BCUT2D eigenvalue weighted by atomic mass is 35.5. The van der Waals surface area contributed by atoms with Crippen LogP contribution in [0.3, 0.4) is 0 Å². The van der Waals surface area contributed by atoms with Gasteiger partial charge >= 0.3 is 0 Å². The Bertz CT molecular complexity index is 852. The molecule has 1 N–H and O–H groups in total. The number of anilines is 1. The molecule has 3 rings (SSSR count). The van der Waals surface area contributed by atoms with E-state index in [0.29, 0.717) is 18.5 Å². The summed E-state index contributed by atoms with van der Waals surface area (Å²) >= 11 is 6.86. The number of hydrogen-bond donors (Lipinski definition) is 1. The molecule has 1 aliphatic rings. The fourth-order valence-electron chi connectivity index (χ4n) is 2.82. The fraction of sp³-hybridized carbons (Fsp3) is 0.316. The molecule has 0 unspecified atom stereocenters. The molecule has 0 atom stereocenters. The van der Waals surface area contributed by atoms with Crippen molar-refractivity contribution in [1.29, 1.82) is 0 Å². The molecule has 0 heterocycles. The van der Waals surface area contributed by atoms with E-state index < -0.39 is 23.5 Å². The van der Waals surface area contributed by atoms with E-state index in [4.69, 9.17) is 11.6 Å². The Kier molecular flexibility index (Phi) is 6.01. The second-order valence-corrected chi connectivity index (χ2v) is 8.15. The van der Waals surface area contributed by atoms with Gasteiger partial charge in [-0.05, 0) is 49.2 Å². The molecule has 0 radical (unpaired) electrons. The summed E-state index contributed by atoms with van der Waals surface area (Å²) in [6, 6.07) is 7.66. The van der Waals surface area contributed by atoms with Gasteiger partial charge in [-0.25, -0.2) is 17.6 Å². The molecule has 1 aliphatic carbocycles. The maximum atomic E-state index is 14.1. The van der Waals surface area contributed by atoms with Crippen molar-refractivity contribution in [2.45, 2.75) is 41.8 Å². The minimum atomic E-state index is -2.65. The van der Waals surface area contributed by atoms with Gasteiger partial charge in [-0.2, -0.15) is 0 Å². The molecule has 8 heteroatoms. The van der Waals surface area contributed by atoms with Gasteiger partial charge < -0.3 is 5.32 Å². The molecule has 2 aromatic carbocycles. The van der Waals surface area contributed by atoms with E-state index in [0.717, 1.165) is 6.07 Å². The molecule has 0 aromatic heterocycles. The zero-order chi connectivity index (χ0) is 19.6. The highest BCUT2D eigenvalue weighted by Crippen LogP contribution is 2.41. The van der Waals surface area contributed by atoms with Gasteiger partial charge in [-0.1, -0.05) is 11.6 Å². The number of halogens is 5. The van der Waals surface area contributed by atoms with Crippen molar-refractivity contribution in [3.63, 3.8) is 0 Å². The summed E-state index contributed by atoms with van der Waals surface area (Å²) in [5.74, 6) is -4.25. The topological polar surface area (TPSA) is 29.1 Å². The number of benzene rings is 2. The van der Waals surface area contributed by atoms with Crippen LogP contribution >= 0.6 is 23.4 Å². The van der Waals surface area contributed by atoms with Crippen LogP contribution < -0.4 is 5.32 Å². The van der Waals surface area contributed by atoms with Crippen molar-refractivity contribution in [1.82, 2.24) is 0 Å². The van der Waals surface area contributed by atoms with Crippen LogP contribution in [0.15, 0.2) is 41.3 Å². The third-order valence-electron chi connectivity index (χ3n) is 4.33. The quantitative estimate of drug-likeness (QED) is 0.572. The summed E-state index contributed by atoms with van der Waals surface area (Å²) in [5.41, 5.74) is 0.514. The van der Waals surface area contributed by atoms with Crippen molar-refractivity contribution < 1.29 is 22.4 Å². The van der Waals surface area contributed by atoms with E-state index in [1.54, 1.807) is 0 Å². The minimum Gasteiger partial charge on any atom is -0.322 e. The van der Waals surface area contributed by atoms with E-state index >= 15 is 0 Å². The van der Waals surface area contributed by atoms with Crippen LogP contribution in [0, 0.1) is 11.6 Å². The highest BCUT2D eigenvalue weighted by Gasteiger charge is 2.35. The molecule has 1 amide bonds. The van der Waals surface area contributed by atoms with Crippen molar-refractivity contribution >= 4 is 35.0 Å². The Morgan fingerprint density at radius 3 is 2.41 bits per heavy atom. The molecule has 27 heavy (non-hydrogen) atoms. The Balaban J connectivity index is 1.70. The first-order chi connectivity index (χ1) is 12.7. The van der Waals surface area contributed by atoms with Crippen LogP contribution in [0.5, 0.6) is 0 Å². The molecule has 0 aliphatic heterocycles. The lowest BCUT2D eigenvalue weighted by atomic mass is 9.96. The lowest BCUT2D eigenvalue weighted by Crippen LogP contribution is -2.25. The summed E-state index contributed by atoms with van der Waals surface area (Å²) in [6.07, 6.45) is 0.165. The number of amides is 1. The van der Waals surface area contributed by atoms with Crippen molar-refractivity contribution in [3.05, 3.63) is 58.6 Å². The van der Waals surface area contributed by atoms with Gasteiger partial charge in [0.25, 0.3) is 5.91 Å². The number of carbonyl (C=O) groups excluding carboxylic acids is 1. The Labute approximate surface area is 163 Å².